The first kappa shape index (κ1) is 20.0. The Labute approximate surface area is 166 Å². The van der Waals surface area contributed by atoms with Gasteiger partial charge in [-0.05, 0) is 43.7 Å². The Hall–Kier alpha value is -3.75. The van der Waals surface area contributed by atoms with Crippen LogP contribution in [-0.2, 0) is 17.9 Å². The normalized spacial score (nSPS) is 10.6. The number of nitrogens with one attached hydrogen (secondary N) is 1. The SMILES string of the molecule is Cc1nn(CC(=O)Nc2cccc(OCc3cccc(F)c3)c2)c(C)c1[N+](=O)[O-]. The van der Waals surface area contributed by atoms with Gasteiger partial charge in [-0.15, -0.1) is 0 Å². The lowest BCUT2D eigenvalue weighted by Crippen LogP contribution is -2.20. The van der Waals surface area contributed by atoms with Gasteiger partial charge in [0.05, 0.1) is 4.92 Å². The molecule has 9 heteroatoms. The van der Waals surface area contributed by atoms with Gasteiger partial charge in [-0.3, -0.25) is 19.6 Å². The number of amides is 1. The first-order valence-electron chi connectivity index (χ1n) is 8.79. The number of rotatable bonds is 7. The van der Waals surface area contributed by atoms with Crippen molar-refractivity contribution in [3.05, 3.63) is 81.4 Å². The van der Waals surface area contributed by atoms with Crippen LogP contribution in [0.25, 0.3) is 0 Å². The molecule has 0 saturated heterocycles. The first-order valence-corrected chi connectivity index (χ1v) is 8.79. The summed E-state index contributed by atoms with van der Waals surface area (Å²) in [6.07, 6.45) is 0. The summed E-state index contributed by atoms with van der Waals surface area (Å²) in [6, 6.07) is 12.9. The van der Waals surface area contributed by atoms with Crippen LogP contribution in [0.2, 0.25) is 0 Å². The smallest absolute Gasteiger partial charge is 0.312 e. The molecule has 0 aliphatic heterocycles. The van der Waals surface area contributed by atoms with Crippen molar-refractivity contribution < 1.29 is 18.8 Å². The van der Waals surface area contributed by atoms with Crippen LogP contribution in [0.5, 0.6) is 5.75 Å². The fourth-order valence-electron chi connectivity index (χ4n) is 2.90. The molecule has 0 aliphatic carbocycles. The minimum atomic E-state index is -0.508. The lowest BCUT2D eigenvalue weighted by Gasteiger charge is -2.10. The molecule has 0 radical (unpaired) electrons. The van der Waals surface area contributed by atoms with Crippen molar-refractivity contribution in [2.45, 2.75) is 27.0 Å². The third kappa shape index (κ3) is 4.95. The van der Waals surface area contributed by atoms with Crippen LogP contribution in [0.4, 0.5) is 15.8 Å². The number of hydrogen-bond acceptors (Lipinski definition) is 5. The van der Waals surface area contributed by atoms with Crippen molar-refractivity contribution in [2.24, 2.45) is 0 Å². The maximum atomic E-state index is 13.2. The second kappa shape index (κ2) is 8.51. The Morgan fingerprint density at radius 1 is 1.24 bits per heavy atom. The van der Waals surface area contributed by atoms with Crippen molar-refractivity contribution in [3.8, 4) is 5.75 Å². The van der Waals surface area contributed by atoms with E-state index in [2.05, 4.69) is 10.4 Å². The number of carbonyl (C=O) groups is 1. The molecule has 1 amide bonds. The number of carbonyl (C=O) groups excluding carboxylic acids is 1. The Morgan fingerprint density at radius 3 is 2.69 bits per heavy atom. The summed E-state index contributed by atoms with van der Waals surface area (Å²) in [5.41, 5.74) is 1.67. The van der Waals surface area contributed by atoms with E-state index in [9.17, 15) is 19.3 Å². The number of anilines is 1. The molecule has 8 nitrogen and oxygen atoms in total. The molecule has 3 rings (SSSR count). The van der Waals surface area contributed by atoms with Crippen molar-refractivity contribution in [1.82, 2.24) is 9.78 Å². The number of nitro groups is 1. The van der Waals surface area contributed by atoms with Crippen molar-refractivity contribution in [3.63, 3.8) is 0 Å². The van der Waals surface area contributed by atoms with E-state index in [-0.39, 0.29) is 36.3 Å². The third-order valence-corrected chi connectivity index (χ3v) is 4.23. The number of aromatic nitrogens is 2. The van der Waals surface area contributed by atoms with E-state index in [1.807, 2.05) is 0 Å². The molecule has 1 heterocycles. The topological polar surface area (TPSA) is 99.3 Å². The van der Waals surface area contributed by atoms with Crippen LogP contribution >= 0.6 is 0 Å². The number of ether oxygens (including phenoxy) is 1. The van der Waals surface area contributed by atoms with Crippen LogP contribution in [0.1, 0.15) is 17.0 Å². The van der Waals surface area contributed by atoms with Gasteiger partial charge < -0.3 is 10.1 Å². The summed E-state index contributed by atoms with van der Waals surface area (Å²) < 4.78 is 20.2. The minimum absolute atomic E-state index is 0.0921. The Morgan fingerprint density at radius 2 is 2.00 bits per heavy atom. The standard InChI is InChI=1S/C20H19FN4O4/c1-13-20(25(27)28)14(2)24(23-13)11-19(26)22-17-7-4-8-18(10-17)29-12-15-5-3-6-16(21)9-15/h3-10H,11-12H2,1-2H3,(H,22,26). The Balaban J connectivity index is 1.63. The average Bonchev–Trinajstić information content (AvgIpc) is 2.93. The van der Waals surface area contributed by atoms with E-state index in [1.54, 1.807) is 43.3 Å². The van der Waals surface area contributed by atoms with Gasteiger partial charge in [-0.1, -0.05) is 18.2 Å². The summed E-state index contributed by atoms with van der Waals surface area (Å²) in [5.74, 6) is -0.210. The van der Waals surface area contributed by atoms with E-state index < -0.39 is 4.92 Å². The lowest BCUT2D eigenvalue weighted by molar-refractivity contribution is -0.386. The fraction of sp³-hybridized carbons (Fsp3) is 0.200. The molecule has 0 atom stereocenters. The van der Waals surface area contributed by atoms with Gasteiger partial charge in [0, 0.05) is 11.8 Å². The zero-order valence-corrected chi connectivity index (χ0v) is 15.9. The summed E-state index contributed by atoms with van der Waals surface area (Å²) >= 11 is 0. The quantitative estimate of drug-likeness (QED) is 0.482. The Bertz CT molecular complexity index is 1060. The summed E-state index contributed by atoms with van der Waals surface area (Å²) in [4.78, 5) is 22.9. The highest BCUT2D eigenvalue weighted by Gasteiger charge is 2.22. The highest BCUT2D eigenvalue weighted by Crippen LogP contribution is 2.22. The van der Waals surface area contributed by atoms with Crippen LogP contribution in [0.15, 0.2) is 48.5 Å². The second-order valence-corrected chi connectivity index (χ2v) is 6.43. The maximum absolute atomic E-state index is 13.2. The van der Waals surface area contributed by atoms with Gasteiger partial charge in [0.2, 0.25) is 5.91 Å². The molecule has 3 aromatic rings. The van der Waals surface area contributed by atoms with E-state index in [4.69, 9.17) is 4.74 Å². The van der Waals surface area contributed by atoms with Crippen LogP contribution in [0, 0.1) is 29.8 Å². The zero-order valence-electron chi connectivity index (χ0n) is 15.9. The van der Waals surface area contributed by atoms with Gasteiger partial charge in [0.25, 0.3) is 0 Å². The summed E-state index contributed by atoms with van der Waals surface area (Å²) in [7, 11) is 0. The summed E-state index contributed by atoms with van der Waals surface area (Å²) in [5, 5.41) is 17.8. The molecule has 150 valence electrons. The average molecular weight is 398 g/mol. The molecule has 29 heavy (non-hydrogen) atoms. The van der Waals surface area contributed by atoms with E-state index >= 15 is 0 Å². The largest absolute Gasteiger partial charge is 0.489 e. The molecule has 1 aromatic heterocycles. The highest BCUT2D eigenvalue weighted by molar-refractivity contribution is 5.90. The lowest BCUT2D eigenvalue weighted by atomic mass is 10.2. The Kier molecular flexibility index (Phi) is 5.87. The molecule has 0 aliphatic rings. The second-order valence-electron chi connectivity index (χ2n) is 6.43. The van der Waals surface area contributed by atoms with Crippen molar-refractivity contribution in [1.29, 1.82) is 0 Å². The third-order valence-electron chi connectivity index (χ3n) is 4.23. The molecule has 0 bridgehead atoms. The van der Waals surface area contributed by atoms with E-state index in [0.717, 1.165) is 0 Å². The van der Waals surface area contributed by atoms with E-state index in [0.29, 0.717) is 22.7 Å². The number of nitrogens with zero attached hydrogens (tertiary/aromatic N) is 3. The molecule has 0 fully saturated rings. The number of halogens is 1. The predicted octanol–water partition coefficient (Wildman–Crippen LogP) is 3.76. The number of benzene rings is 2. The molecule has 0 unspecified atom stereocenters. The van der Waals surface area contributed by atoms with Crippen LogP contribution in [0.3, 0.4) is 0 Å². The zero-order chi connectivity index (χ0) is 21.0. The van der Waals surface area contributed by atoms with Gasteiger partial charge in [-0.25, -0.2) is 4.39 Å². The van der Waals surface area contributed by atoms with E-state index in [1.165, 1.54) is 23.7 Å². The fourth-order valence-corrected chi connectivity index (χ4v) is 2.90. The molecular weight excluding hydrogens is 379 g/mol. The van der Waals surface area contributed by atoms with Crippen molar-refractivity contribution in [2.75, 3.05) is 5.32 Å². The molecule has 1 N–H and O–H groups in total. The maximum Gasteiger partial charge on any atom is 0.312 e. The van der Waals surface area contributed by atoms with Gasteiger partial charge in [0.1, 0.15) is 36.1 Å². The van der Waals surface area contributed by atoms with Gasteiger partial charge in [0.15, 0.2) is 0 Å². The number of hydrogen-bond donors (Lipinski definition) is 1. The molecule has 0 spiro atoms. The van der Waals surface area contributed by atoms with Crippen LogP contribution in [-0.4, -0.2) is 20.6 Å². The monoisotopic (exact) mass is 398 g/mol. The van der Waals surface area contributed by atoms with Crippen LogP contribution < -0.4 is 10.1 Å². The highest BCUT2D eigenvalue weighted by atomic mass is 19.1. The number of aryl methyl sites for hydroxylation is 1. The molecular formula is C20H19FN4O4. The summed E-state index contributed by atoms with van der Waals surface area (Å²) in [6.45, 7) is 3.10. The van der Waals surface area contributed by atoms with Gasteiger partial charge in [-0.2, -0.15) is 5.10 Å². The van der Waals surface area contributed by atoms with Crippen molar-refractivity contribution >= 4 is 17.3 Å². The predicted molar refractivity (Wildman–Crippen MR) is 104 cm³/mol. The van der Waals surface area contributed by atoms with Gasteiger partial charge >= 0.3 is 5.69 Å². The molecule has 2 aromatic carbocycles. The first-order chi connectivity index (χ1) is 13.8. The molecule has 0 saturated carbocycles. The minimum Gasteiger partial charge on any atom is -0.489 e.